The van der Waals surface area contributed by atoms with Crippen LogP contribution in [0.4, 0.5) is 0 Å². The fraction of sp³-hybridized carbons (Fsp3) is 0.725. The van der Waals surface area contributed by atoms with E-state index < -0.39 is 11.1 Å². The Kier molecular flexibility index (Phi) is 9.80. The topological polar surface area (TPSA) is 95.5 Å². The molecule has 0 bridgehead atoms. The lowest BCUT2D eigenvalue weighted by Gasteiger charge is -2.68. The molecule has 4 fully saturated rings. The number of carbonyl (C=O) groups is 3. The van der Waals surface area contributed by atoms with Gasteiger partial charge in [-0.05, 0) is 141 Å². The third-order valence-electron chi connectivity index (χ3n) is 14.1. The molecular formula is C40H59ClN2O4. The van der Waals surface area contributed by atoms with Crippen molar-refractivity contribution in [2.24, 2.45) is 45.8 Å². The van der Waals surface area contributed by atoms with Crippen molar-refractivity contribution in [2.45, 2.75) is 130 Å². The van der Waals surface area contributed by atoms with Gasteiger partial charge < -0.3 is 15.7 Å². The van der Waals surface area contributed by atoms with Crippen LogP contribution in [0.15, 0.2) is 35.4 Å². The maximum Gasteiger partial charge on any atom is 0.240 e. The summed E-state index contributed by atoms with van der Waals surface area (Å²) >= 11 is 5.55. The number of Topliss-reactive ketones (excluding diaryl/α,β-unsaturated/α-hetero) is 1. The van der Waals surface area contributed by atoms with Gasteiger partial charge in [0.2, 0.25) is 5.91 Å². The highest BCUT2D eigenvalue weighted by Gasteiger charge is 2.66. The molecule has 3 N–H and O–H groups in total. The molecule has 260 valence electrons. The van der Waals surface area contributed by atoms with E-state index in [2.05, 4.69) is 52.2 Å². The molecule has 4 saturated carbocycles. The summed E-state index contributed by atoms with van der Waals surface area (Å²) in [6.07, 6.45) is 9.68. The summed E-state index contributed by atoms with van der Waals surface area (Å²) in [4.78, 5) is 37.2. The molecule has 47 heavy (non-hydrogen) atoms. The lowest BCUT2D eigenvalue weighted by molar-refractivity contribution is -0.202. The number of aldehydes is 1. The highest BCUT2D eigenvalue weighted by atomic mass is 35.5. The van der Waals surface area contributed by atoms with E-state index in [4.69, 9.17) is 11.6 Å². The minimum absolute atomic E-state index is 0.00957. The van der Waals surface area contributed by atoms with Gasteiger partial charge in [0, 0.05) is 17.0 Å². The maximum atomic E-state index is 13.6. The van der Waals surface area contributed by atoms with E-state index in [1.54, 1.807) is 24.3 Å². The van der Waals surface area contributed by atoms with Crippen LogP contribution in [-0.4, -0.2) is 47.3 Å². The smallest absolute Gasteiger partial charge is 0.240 e. The molecule has 1 amide bonds. The Morgan fingerprint density at radius 1 is 0.957 bits per heavy atom. The summed E-state index contributed by atoms with van der Waals surface area (Å²) in [5.41, 5.74) is 2.21. The number of benzene rings is 1. The summed E-state index contributed by atoms with van der Waals surface area (Å²) in [5.74, 6) is 2.53. The predicted molar refractivity (Wildman–Crippen MR) is 189 cm³/mol. The Morgan fingerprint density at radius 2 is 1.60 bits per heavy atom. The molecule has 5 aliphatic rings. The number of ketones is 1. The Balaban J connectivity index is 0.000000417. The third-order valence-corrected chi connectivity index (χ3v) is 14.4. The van der Waals surface area contributed by atoms with Crippen LogP contribution in [0.2, 0.25) is 5.02 Å². The molecule has 7 heteroatoms. The van der Waals surface area contributed by atoms with Gasteiger partial charge in [0.05, 0.1) is 17.2 Å². The van der Waals surface area contributed by atoms with E-state index in [0.717, 1.165) is 44.0 Å². The molecule has 1 aromatic carbocycles. The van der Waals surface area contributed by atoms with Gasteiger partial charge in [-0.15, -0.1) is 0 Å². The number of halogens is 1. The standard InChI is InChI=1S/C33H54N2O3.C7H5ClO/c1-19(2)26-22(36)18-33(35-28(38)30(5,6)34-9)17-12-21-20(27(26)33)10-11-24-31(21,7)15-13-23-29(3,4)25(37)14-16-32(23,24)8;8-7-3-1-6(5-9)2-4-7/h19-21,23-25,34,37H,10-18H2,1-9H3,(H,35,38);1-5H. The Morgan fingerprint density at radius 3 is 2.19 bits per heavy atom. The fourth-order valence-corrected chi connectivity index (χ4v) is 11.6. The zero-order valence-corrected chi connectivity index (χ0v) is 31.0. The Bertz CT molecular complexity index is 1420. The van der Waals surface area contributed by atoms with Crippen molar-refractivity contribution in [1.82, 2.24) is 10.6 Å². The molecule has 5 aliphatic carbocycles. The Hall–Kier alpha value is -2.02. The van der Waals surface area contributed by atoms with Crippen molar-refractivity contribution in [3.05, 3.63) is 46.0 Å². The Labute approximate surface area is 288 Å². The second-order valence-electron chi connectivity index (χ2n) is 17.5. The number of aliphatic hydroxyl groups is 1. The van der Waals surface area contributed by atoms with Crippen molar-refractivity contribution < 1.29 is 19.5 Å². The first-order chi connectivity index (χ1) is 21.9. The van der Waals surface area contributed by atoms with Gasteiger partial charge in [0.1, 0.15) is 6.29 Å². The third kappa shape index (κ3) is 5.97. The summed E-state index contributed by atoms with van der Waals surface area (Å²) in [6.45, 7) is 17.9. The largest absolute Gasteiger partial charge is 0.393 e. The quantitative estimate of drug-likeness (QED) is 0.277. The number of allylic oxidation sites excluding steroid dienone is 1. The van der Waals surface area contributed by atoms with Crippen molar-refractivity contribution in [2.75, 3.05) is 7.05 Å². The van der Waals surface area contributed by atoms with Crippen molar-refractivity contribution in [3.8, 4) is 0 Å². The highest BCUT2D eigenvalue weighted by molar-refractivity contribution is 6.30. The lowest BCUT2D eigenvalue weighted by atomic mass is 9.37. The van der Waals surface area contributed by atoms with Crippen LogP contribution in [0.25, 0.3) is 0 Å². The first-order valence-electron chi connectivity index (χ1n) is 18.1. The van der Waals surface area contributed by atoms with E-state index in [-0.39, 0.29) is 40.0 Å². The van der Waals surface area contributed by atoms with Crippen LogP contribution >= 0.6 is 11.6 Å². The SMILES string of the molecule is CNC(C)(C)C(=O)NC12CCC3C(CCC4C3(C)CCC3C(C)(C)C(O)CCC34C)C1=C(C(C)C)C(=O)C2.O=Cc1ccc(Cl)cc1. The first kappa shape index (κ1) is 36.3. The van der Waals surface area contributed by atoms with Gasteiger partial charge in [-0.2, -0.15) is 0 Å². The zero-order valence-electron chi connectivity index (χ0n) is 30.3. The lowest BCUT2D eigenvalue weighted by Crippen LogP contribution is -2.65. The molecule has 8 unspecified atom stereocenters. The number of carbonyl (C=O) groups excluding carboxylic acids is 3. The van der Waals surface area contributed by atoms with Gasteiger partial charge in [0.15, 0.2) is 5.78 Å². The molecule has 1 aromatic rings. The summed E-state index contributed by atoms with van der Waals surface area (Å²) < 4.78 is 0. The van der Waals surface area contributed by atoms with Gasteiger partial charge in [0.25, 0.3) is 0 Å². The van der Waals surface area contributed by atoms with E-state index in [1.165, 1.54) is 24.8 Å². The number of fused-ring (bicyclic) bond motifs is 7. The average Bonchev–Trinajstić information content (AvgIpc) is 3.31. The number of nitrogens with one attached hydrogen (secondary N) is 2. The van der Waals surface area contributed by atoms with Gasteiger partial charge in [-0.25, -0.2) is 0 Å². The van der Waals surface area contributed by atoms with Crippen molar-refractivity contribution in [1.29, 1.82) is 0 Å². The van der Waals surface area contributed by atoms with Crippen molar-refractivity contribution >= 4 is 29.6 Å². The van der Waals surface area contributed by atoms with E-state index in [1.807, 2.05) is 20.9 Å². The molecule has 0 radical (unpaired) electrons. The second-order valence-corrected chi connectivity index (χ2v) is 18.0. The predicted octanol–water partition coefficient (Wildman–Crippen LogP) is 7.96. The second kappa shape index (κ2) is 12.7. The number of aliphatic hydroxyl groups excluding tert-OH is 1. The van der Waals surface area contributed by atoms with E-state index in [0.29, 0.717) is 40.7 Å². The number of likely N-dealkylation sites (N-methyl/N-ethyl adjacent to an activating group) is 1. The number of rotatable bonds is 5. The van der Waals surface area contributed by atoms with Gasteiger partial charge in [-0.1, -0.05) is 65.3 Å². The number of hydrogen-bond donors (Lipinski definition) is 3. The van der Waals surface area contributed by atoms with E-state index in [9.17, 15) is 19.5 Å². The molecule has 6 nitrogen and oxygen atoms in total. The normalized spacial score (nSPS) is 37.5. The summed E-state index contributed by atoms with van der Waals surface area (Å²) in [7, 11) is 1.83. The van der Waals surface area contributed by atoms with Gasteiger partial charge in [-0.3, -0.25) is 14.4 Å². The van der Waals surface area contributed by atoms with Crippen LogP contribution in [-0.2, 0) is 9.59 Å². The molecule has 0 heterocycles. The summed E-state index contributed by atoms with van der Waals surface area (Å²) in [6, 6.07) is 6.72. The molecule has 8 atom stereocenters. The average molecular weight is 667 g/mol. The molecule has 6 rings (SSSR count). The minimum atomic E-state index is -0.685. The van der Waals surface area contributed by atoms with Gasteiger partial charge >= 0.3 is 0 Å². The van der Waals surface area contributed by atoms with Crippen LogP contribution < -0.4 is 10.6 Å². The fourth-order valence-electron chi connectivity index (χ4n) is 11.5. The molecule has 0 spiro atoms. The zero-order chi connectivity index (χ0) is 34.7. The summed E-state index contributed by atoms with van der Waals surface area (Å²) in [5, 5.41) is 18.2. The monoisotopic (exact) mass is 666 g/mol. The molecule has 0 saturated heterocycles. The minimum Gasteiger partial charge on any atom is -0.393 e. The molecule has 0 aromatic heterocycles. The van der Waals surface area contributed by atoms with E-state index >= 15 is 0 Å². The molecular weight excluding hydrogens is 608 g/mol. The maximum absolute atomic E-state index is 13.6. The number of hydrogen-bond acceptors (Lipinski definition) is 5. The van der Waals surface area contributed by atoms with Crippen LogP contribution in [0.1, 0.15) is 124 Å². The van der Waals surface area contributed by atoms with Crippen LogP contribution in [0.5, 0.6) is 0 Å². The highest BCUT2D eigenvalue weighted by Crippen LogP contribution is 2.72. The van der Waals surface area contributed by atoms with Crippen LogP contribution in [0.3, 0.4) is 0 Å². The first-order valence-corrected chi connectivity index (χ1v) is 18.4. The number of amides is 1. The van der Waals surface area contributed by atoms with Crippen molar-refractivity contribution in [3.63, 3.8) is 0 Å². The molecule has 0 aliphatic heterocycles. The van der Waals surface area contributed by atoms with Crippen LogP contribution in [0, 0.1) is 45.8 Å².